The van der Waals surface area contributed by atoms with Gasteiger partial charge in [-0.15, -0.1) is 0 Å². The highest BCUT2D eigenvalue weighted by Crippen LogP contribution is 2.40. The number of nitrogens with one attached hydrogen (secondary N) is 1. The molecule has 8 nitrogen and oxygen atoms in total. The van der Waals surface area contributed by atoms with E-state index in [0.29, 0.717) is 6.42 Å². The smallest absolute Gasteiger partial charge is 0.407 e. The molecule has 0 aromatic carbocycles. The molecule has 3 unspecified atom stereocenters. The Hall–Kier alpha value is -0.930. The predicted octanol–water partition coefficient (Wildman–Crippen LogP) is 1.25. The van der Waals surface area contributed by atoms with E-state index in [1.165, 1.54) is 5.06 Å². The number of nitrogens with zero attached hydrogens (tertiary/aromatic N) is 1. The minimum absolute atomic E-state index is 0.0598. The summed E-state index contributed by atoms with van der Waals surface area (Å²) < 4.78 is 16.5. The Bertz CT molecular complexity index is 479. The fourth-order valence-corrected chi connectivity index (χ4v) is 3.19. The summed E-state index contributed by atoms with van der Waals surface area (Å²) in [4.78, 5) is 12.3. The van der Waals surface area contributed by atoms with E-state index < -0.39 is 41.2 Å². The number of alkyl carbamates (subject to hydrolysis) is 1. The van der Waals surface area contributed by atoms with Crippen LogP contribution < -0.4 is 5.32 Å². The van der Waals surface area contributed by atoms with E-state index in [0.717, 1.165) is 0 Å². The number of rotatable bonds is 2. The van der Waals surface area contributed by atoms with Gasteiger partial charge in [0.2, 0.25) is 0 Å². The molecule has 2 fully saturated rings. The highest BCUT2D eigenvalue weighted by molar-refractivity contribution is 5.68. The standard InChI is InChI=1S/C16H30N2O6/c1-14(2)7-12(15(3,4)18(14)21)24-13(20)17-10-8-22-16(5,6)23-9-11(10)19/h10-12,19,21H,7-9H2,1-6H3,(H,17,20). The molecule has 0 aliphatic carbocycles. The SMILES string of the molecule is CC1(C)OCC(O)C(NC(=O)OC2CC(C)(C)N(O)C2(C)C)CO1. The van der Waals surface area contributed by atoms with Gasteiger partial charge in [-0.3, -0.25) is 0 Å². The number of aliphatic hydroxyl groups is 1. The first kappa shape index (κ1) is 19.4. The van der Waals surface area contributed by atoms with Gasteiger partial charge in [0.15, 0.2) is 5.79 Å². The molecule has 2 aliphatic heterocycles. The molecule has 0 saturated carbocycles. The summed E-state index contributed by atoms with van der Waals surface area (Å²) >= 11 is 0. The van der Waals surface area contributed by atoms with Gasteiger partial charge in [0.05, 0.1) is 30.9 Å². The van der Waals surface area contributed by atoms with Gasteiger partial charge in [-0.1, -0.05) is 0 Å². The van der Waals surface area contributed by atoms with E-state index >= 15 is 0 Å². The molecule has 2 heterocycles. The molecule has 1 amide bonds. The van der Waals surface area contributed by atoms with Crippen LogP contribution in [0, 0.1) is 0 Å². The molecule has 0 radical (unpaired) electrons. The third kappa shape index (κ3) is 4.00. The maximum atomic E-state index is 12.3. The van der Waals surface area contributed by atoms with Crippen molar-refractivity contribution in [1.82, 2.24) is 10.4 Å². The highest BCUT2D eigenvalue weighted by Gasteiger charge is 2.53. The van der Waals surface area contributed by atoms with Crippen LogP contribution in [-0.4, -0.2) is 69.8 Å². The summed E-state index contributed by atoms with van der Waals surface area (Å²) in [6.07, 6.45) is -1.51. The number of amides is 1. The van der Waals surface area contributed by atoms with Gasteiger partial charge in [0.1, 0.15) is 6.10 Å². The van der Waals surface area contributed by atoms with Crippen molar-refractivity contribution in [2.24, 2.45) is 0 Å². The van der Waals surface area contributed by atoms with Crippen LogP contribution in [-0.2, 0) is 14.2 Å². The third-order valence-electron chi connectivity index (χ3n) is 4.82. The van der Waals surface area contributed by atoms with Gasteiger partial charge in [-0.2, -0.15) is 5.06 Å². The summed E-state index contributed by atoms with van der Waals surface area (Å²) in [5.41, 5.74) is -1.19. The molecule has 2 aliphatic rings. The van der Waals surface area contributed by atoms with Crippen molar-refractivity contribution in [1.29, 1.82) is 0 Å². The predicted molar refractivity (Wildman–Crippen MR) is 85.6 cm³/mol. The van der Waals surface area contributed by atoms with Crippen molar-refractivity contribution in [2.45, 2.75) is 83.1 Å². The number of hydroxylamine groups is 2. The topological polar surface area (TPSA) is 100 Å². The van der Waals surface area contributed by atoms with Gasteiger partial charge in [-0.25, -0.2) is 4.79 Å². The zero-order chi connectivity index (χ0) is 18.3. The van der Waals surface area contributed by atoms with Crippen LogP contribution in [0.1, 0.15) is 48.0 Å². The van der Waals surface area contributed by atoms with Gasteiger partial charge < -0.3 is 29.8 Å². The first-order valence-corrected chi connectivity index (χ1v) is 8.27. The molecule has 0 aromatic rings. The molecular formula is C16H30N2O6. The van der Waals surface area contributed by atoms with Crippen molar-refractivity contribution in [3.63, 3.8) is 0 Å². The fourth-order valence-electron chi connectivity index (χ4n) is 3.19. The molecule has 0 aromatic heterocycles. The summed E-state index contributed by atoms with van der Waals surface area (Å²) in [6.45, 7) is 11.1. The number of carbonyl (C=O) groups is 1. The van der Waals surface area contributed by atoms with E-state index in [1.54, 1.807) is 13.8 Å². The second-order valence-corrected chi connectivity index (χ2v) is 8.22. The van der Waals surface area contributed by atoms with E-state index in [4.69, 9.17) is 14.2 Å². The molecule has 24 heavy (non-hydrogen) atoms. The second kappa shape index (κ2) is 6.42. The summed E-state index contributed by atoms with van der Waals surface area (Å²) in [7, 11) is 0. The number of ether oxygens (including phenoxy) is 3. The molecule has 2 saturated heterocycles. The average molecular weight is 346 g/mol. The Balaban J connectivity index is 1.96. The lowest BCUT2D eigenvalue weighted by molar-refractivity contribution is -0.203. The van der Waals surface area contributed by atoms with Gasteiger partial charge >= 0.3 is 6.09 Å². The van der Waals surface area contributed by atoms with E-state index in [-0.39, 0.29) is 13.2 Å². The Morgan fingerprint density at radius 2 is 1.75 bits per heavy atom. The van der Waals surface area contributed by atoms with Crippen LogP contribution >= 0.6 is 0 Å². The van der Waals surface area contributed by atoms with E-state index in [2.05, 4.69) is 5.32 Å². The second-order valence-electron chi connectivity index (χ2n) is 8.22. The quantitative estimate of drug-likeness (QED) is 0.692. The van der Waals surface area contributed by atoms with Crippen molar-refractivity contribution >= 4 is 6.09 Å². The maximum absolute atomic E-state index is 12.3. The summed E-state index contributed by atoms with van der Waals surface area (Å²) in [5, 5.41) is 24.2. The molecule has 2 rings (SSSR count). The van der Waals surface area contributed by atoms with Crippen LogP contribution in [0.5, 0.6) is 0 Å². The monoisotopic (exact) mass is 346 g/mol. The average Bonchev–Trinajstić information content (AvgIpc) is 2.55. The zero-order valence-electron chi connectivity index (χ0n) is 15.3. The van der Waals surface area contributed by atoms with Gasteiger partial charge in [0.25, 0.3) is 0 Å². The number of hydrogen-bond acceptors (Lipinski definition) is 7. The molecule has 8 heteroatoms. The molecule has 0 bridgehead atoms. The largest absolute Gasteiger partial charge is 0.444 e. The lowest BCUT2D eigenvalue weighted by Crippen LogP contribution is -2.51. The minimum atomic E-state index is -0.887. The number of hydrogen-bond donors (Lipinski definition) is 3. The van der Waals surface area contributed by atoms with Crippen LogP contribution in [0.2, 0.25) is 0 Å². The summed E-state index contributed by atoms with van der Waals surface area (Å²) in [6, 6.07) is -0.623. The van der Waals surface area contributed by atoms with Crippen LogP contribution in [0.4, 0.5) is 4.79 Å². The van der Waals surface area contributed by atoms with E-state index in [1.807, 2.05) is 27.7 Å². The molecule has 3 N–H and O–H groups in total. The third-order valence-corrected chi connectivity index (χ3v) is 4.82. The highest BCUT2D eigenvalue weighted by atomic mass is 16.7. The normalized spacial score (nSPS) is 35.2. The van der Waals surface area contributed by atoms with Crippen LogP contribution in [0.15, 0.2) is 0 Å². The van der Waals surface area contributed by atoms with Gasteiger partial charge in [-0.05, 0) is 41.5 Å². The Morgan fingerprint density at radius 3 is 2.29 bits per heavy atom. The Morgan fingerprint density at radius 1 is 1.17 bits per heavy atom. The molecular weight excluding hydrogens is 316 g/mol. The molecule has 140 valence electrons. The van der Waals surface area contributed by atoms with Crippen LogP contribution in [0.3, 0.4) is 0 Å². The van der Waals surface area contributed by atoms with E-state index in [9.17, 15) is 15.1 Å². The summed E-state index contributed by atoms with van der Waals surface area (Å²) in [5.74, 6) is -0.809. The Labute approximate surface area is 143 Å². The minimum Gasteiger partial charge on any atom is -0.444 e. The van der Waals surface area contributed by atoms with Crippen molar-refractivity contribution < 1.29 is 29.3 Å². The first-order chi connectivity index (χ1) is 10.8. The molecule has 0 spiro atoms. The lowest BCUT2D eigenvalue weighted by atomic mass is 9.97. The van der Waals surface area contributed by atoms with Gasteiger partial charge in [0, 0.05) is 12.0 Å². The number of aliphatic hydroxyl groups excluding tert-OH is 1. The maximum Gasteiger partial charge on any atom is 0.407 e. The lowest BCUT2D eigenvalue weighted by Gasteiger charge is -2.35. The Kier molecular flexibility index (Phi) is 5.19. The van der Waals surface area contributed by atoms with Crippen LogP contribution in [0.25, 0.3) is 0 Å². The molecule has 3 atom stereocenters. The van der Waals surface area contributed by atoms with Crippen molar-refractivity contribution in [2.75, 3.05) is 13.2 Å². The first-order valence-electron chi connectivity index (χ1n) is 8.27. The number of carbonyl (C=O) groups excluding carboxylic acids is 1. The van der Waals surface area contributed by atoms with Crippen molar-refractivity contribution in [3.05, 3.63) is 0 Å². The fraction of sp³-hybridized carbons (Fsp3) is 0.938. The van der Waals surface area contributed by atoms with Crippen molar-refractivity contribution in [3.8, 4) is 0 Å². The zero-order valence-corrected chi connectivity index (χ0v) is 15.3.